The van der Waals surface area contributed by atoms with Crippen molar-refractivity contribution in [2.45, 2.75) is 25.2 Å². The summed E-state index contributed by atoms with van der Waals surface area (Å²) < 4.78 is 79.6. The van der Waals surface area contributed by atoms with Crippen LogP contribution in [0, 0.1) is 5.92 Å². The van der Waals surface area contributed by atoms with E-state index in [0.717, 1.165) is 24.3 Å². The highest BCUT2D eigenvalue weighted by molar-refractivity contribution is 6.25. The van der Waals surface area contributed by atoms with Crippen molar-refractivity contribution in [3.63, 3.8) is 0 Å². The predicted molar refractivity (Wildman–Crippen MR) is 125 cm³/mol. The van der Waals surface area contributed by atoms with E-state index in [0.29, 0.717) is 18.4 Å². The minimum atomic E-state index is -4.55. The Hall–Kier alpha value is -4.35. The lowest BCUT2D eigenvalue weighted by atomic mass is 10.0. The molecule has 0 radical (unpaired) electrons. The highest BCUT2D eigenvalue weighted by Crippen LogP contribution is 2.36. The number of benzene rings is 2. The summed E-state index contributed by atoms with van der Waals surface area (Å²) in [4.78, 5) is 25.4. The van der Waals surface area contributed by atoms with E-state index in [1.165, 1.54) is 53.9 Å². The fourth-order valence-corrected chi connectivity index (χ4v) is 3.76. The molecule has 0 saturated heterocycles. The van der Waals surface area contributed by atoms with Gasteiger partial charge < -0.3 is 0 Å². The number of carbonyl (C=O) groups is 1. The quantitative estimate of drug-likeness (QED) is 0.213. The highest BCUT2D eigenvalue weighted by Gasteiger charge is 2.34. The number of ketones is 1. The summed E-state index contributed by atoms with van der Waals surface area (Å²) in [5.41, 5.74) is -0.583. The molecule has 0 unspecified atom stereocenters. The van der Waals surface area contributed by atoms with Gasteiger partial charge in [-0.3, -0.25) is 4.79 Å². The first-order valence-corrected chi connectivity index (χ1v) is 11.3. The molecule has 0 amide bonds. The van der Waals surface area contributed by atoms with Gasteiger partial charge >= 0.3 is 12.4 Å². The molecular formula is C26H17F6N5O. The third-order valence-electron chi connectivity index (χ3n) is 5.91. The third-order valence-corrected chi connectivity index (χ3v) is 5.91. The van der Waals surface area contributed by atoms with Gasteiger partial charge in [-0.05, 0) is 37.1 Å². The van der Waals surface area contributed by atoms with Gasteiger partial charge in [0.05, 0.1) is 11.1 Å². The molecule has 1 saturated carbocycles. The Balaban J connectivity index is 1.64. The van der Waals surface area contributed by atoms with Crippen molar-refractivity contribution in [1.82, 2.24) is 24.7 Å². The van der Waals surface area contributed by atoms with Crippen LogP contribution in [0.5, 0.6) is 0 Å². The lowest BCUT2D eigenvalue weighted by Crippen LogP contribution is -2.07. The number of hydrogen-bond acceptors (Lipinski definition) is 5. The maximum absolute atomic E-state index is 13.1. The first kappa shape index (κ1) is 25.3. The smallest absolute Gasteiger partial charge is 0.294 e. The summed E-state index contributed by atoms with van der Waals surface area (Å²) in [7, 11) is 0. The molecule has 194 valence electrons. The SMILES string of the molecule is O=C(/C(=C/n1nc(-c2ccc(C(F)(F)F)cc2)nc1-c1ccc(C(F)(F)F)cc1)c1cncnc1)C1CC1. The second-order valence-electron chi connectivity index (χ2n) is 8.66. The predicted octanol–water partition coefficient (Wildman–Crippen LogP) is 6.42. The second-order valence-corrected chi connectivity index (χ2v) is 8.66. The monoisotopic (exact) mass is 529 g/mol. The average molecular weight is 529 g/mol. The summed E-state index contributed by atoms with van der Waals surface area (Å²) >= 11 is 0. The molecule has 1 fully saturated rings. The standard InChI is InChI=1S/C26H17F6N5O/c27-25(28,29)19-7-3-16(4-8-19)23-35-24(17-5-9-20(10-6-17)26(30,31)32)37(36-23)13-21(22(38)15-1-2-15)18-11-33-14-34-12-18/h3-15H,1-2H2/b21-13+. The van der Waals surface area contributed by atoms with E-state index in [2.05, 4.69) is 20.1 Å². The molecule has 0 spiro atoms. The maximum Gasteiger partial charge on any atom is 0.416 e. The van der Waals surface area contributed by atoms with Gasteiger partial charge in [0.15, 0.2) is 17.4 Å². The molecule has 0 atom stereocenters. The number of carbonyl (C=O) groups excluding carboxylic acids is 1. The van der Waals surface area contributed by atoms with Gasteiger partial charge in [0.1, 0.15) is 6.33 Å². The van der Waals surface area contributed by atoms with Crippen LogP contribution in [0.25, 0.3) is 34.5 Å². The Kier molecular flexibility index (Phi) is 6.33. The molecule has 2 aromatic carbocycles. The van der Waals surface area contributed by atoms with Crippen LogP contribution < -0.4 is 0 Å². The number of Topliss-reactive ketones (excluding diaryl/α,β-unsaturated/α-hetero) is 1. The van der Waals surface area contributed by atoms with Gasteiger partial charge in [0.25, 0.3) is 0 Å². The van der Waals surface area contributed by atoms with E-state index >= 15 is 0 Å². The summed E-state index contributed by atoms with van der Waals surface area (Å²) in [5, 5.41) is 4.38. The minimum absolute atomic E-state index is 0.0207. The summed E-state index contributed by atoms with van der Waals surface area (Å²) in [6.45, 7) is 0. The van der Waals surface area contributed by atoms with E-state index in [1.54, 1.807) is 0 Å². The maximum atomic E-state index is 13.1. The lowest BCUT2D eigenvalue weighted by Gasteiger charge is -2.09. The minimum Gasteiger partial charge on any atom is -0.294 e. The van der Waals surface area contributed by atoms with Crippen molar-refractivity contribution in [1.29, 1.82) is 0 Å². The first-order chi connectivity index (χ1) is 18.0. The highest BCUT2D eigenvalue weighted by atomic mass is 19.4. The van der Waals surface area contributed by atoms with Crippen LogP contribution in [-0.2, 0) is 17.1 Å². The molecular weight excluding hydrogens is 512 g/mol. The Labute approximate surface area is 211 Å². The van der Waals surface area contributed by atoms with Gasteiger partial charge in [0.2, 0.25) is 0 Å². The Morgan fingerprint density at radius 3 is 1.84 bits per heavy atom. The van der Waals surface area contributed by atoms with Gasteiger partial charge in [-0.15, -0.1) is 5.10 Å². The number of halogens is 6. The Morgan fingerprint density at radius 2 is 1.34 bits per heavy atom. The fourth-order valence-electron chi connectivity index (χ4n) is 3.76. The molecule has 1 aliphatic rings. The number of alkyl halides is 6. The normalized spacial score (nSPS) is 14.5. The zero-order valence-electron chi connectivity index (χ0n) is 19.3. The molecule has 0 N–H and O–H groups in total. The number of nitrogens with zero attached hydrogens (tertiary/aromatic N) is 5. The number of allylic oxidation sites excluding steroid dienone is 1. The molecule has 2 aromatic heterocycles. The zero-order valence-corrected chi connectivity index (χ0v) is 19.3. The van der Waals surface area contributed by atoms with Gasteiger partial charge in [0, 0.05) is 46.8 Å². The summed E-state index contributed by atoms with van der Waals surface area (Å²) in [6, 6.07) is 8.35. The van der Waals surface area contributed by atoms with Crippen molar-refractivity contribution in [3.8, 4) is 22.8 Å². The van der Waals surface area contributed by atoms with Crippen molar-refractivity contribution in [2.75, 3.05) is 0 Å². The van der Waals surface area contributed by atoms with E-state index in [9.17, 15) is 31.1 Å². The van der Waals surface area contributed by atoms with Crippen LogP contribution in [0.2, 0.25) is 0 Å². The largest absolute Gasteiger partial charge is 0.416 e. The molecule has 2 heterocycles. The third kappa shape index (κ3) is 5.34. The van der Waals surface area contributed by atoms with Crippen molar-refractivity contribution in [3.05, 3.63) is 83.9 Å². The van der Waals surface area contributed by atoms with Gasteiger partial charge in [-0.25, -0.2) is 19.6 Å². The number of rotatable bonds is 6. The van der Waals surface area contributed by atoms with E-state index in [1.807, 2.05) is 0 Å². The average Bonchev–Trinajstić information content (AvgIpc) is 3.66. The Bertz CT molecular complexity index is 1490. The van der Waals surface area contributed by atoms with E-state index in [4.69, 9.17) is 0 Å². The van der Waals surface area contributed by atoms with Crippen LogP contribution in [0.3, 0.4) is 0 Å². The van der Waals surface area contributed by atoms with E-state index < -0.39 is 23.5 Å². The molecule has 5 rings (SSSR count). The van der Waals surface area contributed by atoms with Crippen molar-refractivity contribution < 1.29 is 31.1 Å². The van der Waals surface area contributed by atoms with Crippen LogP contribution in [0.1, 0.15) is 29.5 Å². The van der Waals surface area contributed by atoms with E-state index in [-0.39, 0.29) is 40.0 Å². The molecule has 6 nitrogen and oxygen atoms in total. The molecule has 1 aliphatic carbocycles. The molecule has 12 heteroatoms. The van der Waals surface area contributed by atoms with Crippen molar-refractivity contribution in [2.24, 2.45) is 5.92 Å². The van der Waals surface area contributed by atoms with Crippen LogP contribution in [0.4, 0.5) is 26.3 Å². The van der Waals surface area contributed by atoms with Gasteiger partial charge in [-0.2, -0.15) is 26.3 Å². The fraction of sp³-hybridized carbons (Fsp3) is 0.192. The molecule has 4 aromatic rings. The first-order valence-electron chi connectivity index (χ1n) is 11.3. The van der Waals surface area contributed by atoms with Crippen LogP contribution in [-0.4, -0.2) is 30.5 Å². The Morgan fingerprint density at radius 1 is 0.816 bits per heavy atom. The van der Waals surface area contributed by atoms with Crippen molar-refractivity contribution >= 4 is 17.6 Å². The van der Waals surface area contributed by atoms with Crippen LogP contribution >= 0.6 is 0 Å². The summed E-state index contributed by atoms with van der Waals surface area (Å²) in [5.74, 6) is -0.252. The molecule has 0 bridgehead atoms. The number of aromatic nitrogens is 5. The zero-order chi connectivity index (χ0) is 27.1. The lowest BCUT2D eigenvalue weighted by molar-refractivity contribution is -0.138. The van der Waals surface area contributed by atoms with Crippen LogP contribution in [0.15, 0.2) is 67.3 Å². The topological polar surface area (TPSA) is 73.6 Å². The number of hydrogen-bond donors (Lipinski definition) is 0. The van der Waals surface area contributed by atoms with Gasteiger partial charge in [-0.1, -0.05) is 24.3 Å². The summed E-state index contributed by atoms with van der Waals surface area (Å²) in [6.07, 6.45) is -2.06. The molecule has 0 aliphatic heterocycles. The molecule has 38 heavy (non-hydrogen) atoms. The second kappa shape index (κ2) is 9.51.